The normalized spacial score (nSPS) is 17.2. The van der Waals surface area contributed by atoms with Gasteiger partial charge in [-0.05, 0) is 32.0 Å². The zero-order valence-electron chi connectivity index (χ0n) is 10.8. The summed E-state index contributed by atoms with van der Waals surface area (Å²) in [5.41, 5.74) is 0.890. The minimum Gasteiger partial charge on any atom is -0.493 e. The summed E-state index contributed by atoms with van der Waals surface area (Å²) >= 11 is 0. The first-order valence-electron chi connectivity index (χ1n) is 6.16. The second-order valence-electron chi connectivity index (χ2n) is 4.36. The number of hydrogen-bond acceptors (Lipinski definition) is 4. The van der Waals surface area contributed by atoms with Crippen molar-refractivity contribution in [1.29, 1.82) is 5.26 Å². The number of benzene rings is 1. The molecule has 0 saturated carbocycles. The van der Waals surface area contributed by atoms with Crippen molar-refractivity contribution in [1.82, 2.24) is 4.90 Å². The molecule has 1 aromatic rings. The molecule has 1 aliphatic heterocycles. The van der Waals surface area contributed by atoms with Gasteiger partial charge >= 0.3 is 0 Å². The van der Waals surface area contributed by atoms with Crippen molar-refractivity contribution in [3.05, 3.63) is 23.8 Å². The molecule has 1 atom stereocenters. The summed E-state index contributed by atoms with van der Waals surface area (Å²) in [6.45, 7) is 1.94. The van der Waals surface area contributed by atoms with E-state index in [9.17, 15) is 5.26 Å². The Balaban J connectivity index is 2.38. The van der Waals surface area contributed by atoms with Gasteiger partial charge in [0.1, 0.15) is 6.04 Å². The first-order chi connectivity index (χ1) is 8.81. The molecule has 4 heteroatoms. The van der Waals surface area contributed by atoms with Crippen LogP contribution in [0.3, 0.4) is 0 Å². The number of rotatable bonds is 4. The topological polar surface area (TPSA) is 45.5 Å². The van der Waals surface area contributed by atoms with E-state index >= 15 is 0 Å². The van der Waals surface area contributed by atoms with Crippen LogP contribution in [-0.4, -0.2) is 32.2 Å². The van der Waals surface area contributed by atoms with Crippen LogP contribution in [0.15, 0.2) is 18.2 Å². The van der Waals surface area contributed by atoms with Crippen molar-refractivity contribution in [2.24, 2.45) is 0 Å². The monoisotopic (exact) mass is 246 g/mol. The number of hydrogen-bond donors (Lipinski definition) is 0. The molecule has 0 bridgehead atoms. The van der Waals surface area contributed by atoms with E-state index in [1.165, 1.54) is 0 Å². The summed E-state index contributed by atoms with van der Waals surface area (Å²) in [6.07, 6.45) is 2.31. The van der Waals surface area contributed by atoms with E-state index in [0.29, 0.717) is 11.5 Å². The quantitative estimate of drug-likeness (QED) is 0.818. The maximum Gasteiger partial charge on any atom is 0.166 e. The number of nitrogens with zero attached hydrogens (tertiary/aromatic N) is 2. The van der Waals surface area contributed by atoms with Gasteiger partial charge in [0.15, 0.2) is 11.5 Å². The molecule has 1 aromatic carbocycles. The van der Waals surface area contributed by atoms with Crippen LogP contribution in [0.1, 0.15) is 24.4 Å². The fourth-order valence-electron chi connectivity index (χ4n) is 2.47. The lowest BCUT2D eigenvalue weighted by Gasteiger charge is -2.23. The lowest BCUT2D eigenvalue weighted by molar-refractivity contribution is 0.282. The molecule has 0 radical (unpaired) electrons. The molecular formula is C14H18N2O2. The second-order valence-corrected chi connectivity index (χ2v) is 4.36. The molecule has 1 unspecified atom stereocenters. The highest BCUT2D eigenvalue weighted by Gasteiger charge is 2.26. The predicted molar refractivity (Wildman–Crippen MR) is 68.7 cm³/mol. The van der Waals surface area contributed by atoms with Gasteiger partial charge in [-0.1, -0.05) is 12.1 Å². The highest BCUT2D eigenvalue weighted by atomic mass is 16.5. The van der Waals surface area contributed by atoms with Crippen molar-refractivity contribution < 1.29 is 9.47 Å². The SMILES string of the molecule is COc1cccc(C(C#N)N2CCCC2)c1OC. The molecule has 0 N–H and O–H groups in total. The predicted octanol–water partition coefficient (Wildman–Crippen LogP) is 2.36. The Morgan fingerprint density at radius 1 is 1.22 bits per heavy atom. The van der Waals surface area contributed by atoms with Crippen molar-refractivity contribution in [3.63, 3.8) is 0 Å². The van der Waals surface area contributed by atoms with E-state index in [0.717, 1.165) is 31.5 Å². The van der Waals surface area contributed by atoms with Gasteiger partial charge in [-0.3, -0.25) is 4.90 Å². The zero-order valence-corrected chi connectivity index (χ0v) is 10.8. The van der Waals surface area contributed by atoms with Crippen LogP contribution in [0.25, 0.3) is 0 Å². The smallest absolute Gasteiger partial charge is 0.166 e. The van der Waals surface area contributed by atoms with E-state index in [2.05, 4.69) is 11.0 Å². The Labute approximate surface area is 108 Å². The van der Waals surface area contributed by atoms with Crippen LogP contribution < -0.4 is 9.47 Å². The summed E-state index contributed by atoms with van der Waals surface area (Å²) < 4.78 is 10.7. The summed E-state index contributed by atoms with van der Waals surface area (Å²) in [4.78, 5) is 2.19. The van der Waals surface area contributed by atoms with Crippen molar-refractivity contribution in [2.75, 3.05) is 27.3 Å². The van der Waals surface area contributed by atoms with Crippen LogP contribution in [-0.2, 0) is 0 Å². The Kier molecular flexibility index (Phi) is 4.06. The average Bonchev–Trinajstić information content (AvgIpc) is 2.93. The third-order valence-electron chi connectivity index (χ3n) is 3.36. The average molecular weight is 246 g/mol. The Bertz CT molecular complexity index is 448. The number of ether oxygens (including phenoxy) is 2. The molecule has 1 aliphatic rings. The Morgan fingerprint density at radius 2 is 1.94 bits per heavy atom. The minimum atomic E-state index is -0.252. The zero-order chi connectivity index (χ0) is 13.0. The van der Waals surface area contributed by atoms with E-state index in [4.69, 9.17) is 9.47 Å². The maximum atomic E-state index is 9.44. The lowest BCUT2D eigenvalue weighted by atomic mass is 10.0. The summed E-state index contributed by atoms with van der Waals surface area (Å²) in [7, 11) is 3.22. The largest absolute Gasteiger partial charge is 0.493 e. The molecule has 0 aromatic heterocycles. The summed E-state index contributed by atoms with van der Waals surface area (Å²) in [5, 5.41) is 9.44. The number of para-hydroxylation sites is 1. The van der Waals surface area contributed by atoms with Crippen molar-refractivity contribution in [3.8, 4) is 17.6 Å². The first kappa shape index (κ1) is 12.7. The molecular weight excluding hydrogens is 228 g/mol. The second kappa shape index (κ2) is 5.74. The first-order valence-corrected chi connectivity index (χ1v) is 6.16. The fourth-order valence-corrected chi connectivity index (χ4v) is 2.47. The summed E-state index contributed by atoms with van der Waals surface area (Å²) in [5.74, 6) is 1.34. The molecule has 18 heavy (non-hydrogen) atoms. The number of likely N-dealkylation sites (tertiary alicyclic amines) is 1. The van der Waals surface area contributed by atoms with Crippen molar-refractivity contribution >= 4 is 0 Å². The highest BCUT2D eigenvalue weighted by Crippen LogP contribution is 2.37. The molecule has 1 saturated heterocycles. The van der Waals surface area contributed by atoms with E-state index < -0.39 is 0 Å². The molecule has 0 amide bonds. The van der Waals surface area contributed by atoms with Crippen LogP contribution in [0.2, 0.25) is 0 Å². The Hall–Kier alpha value is -1.73. The van der Waals surface area contributed by atoms with Crippen LogP contribution in [0, 0.1) is 11.3 Å². The third kappa shape index (κ3) is 2.27. The van der Waals surface area contributed by atoms with Gasteiger partial charge in [-0.25, -0.2) is 0 Å². The van der Waals surface area contributed by atoms with Gasteiger partial charge in [-0.15, -0.1) is 0 Å². The molecule has 96 valence electrons. The molecule has 0 spiro atoms. The van der Waals surface area contributed by atoms with Crippen LogP contribution >= 0.6 is 0 Å². The number of nitriles is 1. The van der Waals surface area contributed by atoms with Gasteiger partial charge in [0, 0.05) is 5.56 Å². The molecule has 0 aliphatic carbocycles. The molecule has 1 fully saturated rings. The summed E-state index contributed by atoms with van der Waals surface area (Å²) in [6, 6.07) is 7.81. The van der Waals surface area contributed by atoms with E-state index in [1.807, 2.05) is 18.2 Å². The lowest BCUT2D eigenvalue weighted by Crippen LogP contribution is -2.24. The third-order valence-corrected chi connectivity index (χ3v) is 3.36. The maximum absolute atomic E-state index is 9.44. The molecule has 2 rings (SSSR count). The Morgan fingerprint density at radius 3 is 2.50 bits per heavy atom. The van der Waals surface area contributed by atoms with E-state index in [1.54, 1.807) is 14.2 Å². The number of methoxy groups -OCH3 is 2. The standard InChI is InChI=1S/C14H18N2O2/c1-17-13-7-5-6-11(14(13)18-2)12(10-15)16-8-3-4-9-16/h5-7,12H,3-4,8-9H2,1-2H3. The molecule has 1 heterocycles. The van der Waals surface area contributed by atoms with Gasteiger partial charge in [-0.2, -0.15) is 5.26 Å². The molecule has 4 nitrogen and oxygen atoms in total. The van der Waals surface area contributed by atoms with Gasteiger partial charge in [0.2, 0.25) is 0 Å². The fraction of sp³-hybridized carbons (Fsp3) is 0.500. The van der Waals surface area contributed by atoms with Gasteiger partial charge in [0.05, 0.1) is 20.3 Å². The van der Waals surface area contributed by atoms with Crippen LogP contribution in [0.5, 0.6) is 11.5 Å². The highest BCUT2D eigenvalue weighted by molar-refractivity contribution is 5.49. The van der Waals surface area contributed by atoms with Gasteiger partial charge < -0.3 is 9.47 Å². The van der Waals surface area contributed by atoms with Gasteiger partial charge in [0.25, 0.3) is 0 Å². The van der Waals surface area contributed by atoms with E-state index in [-0.39, 0.29) is 6.04 Å². The van der Waals surface area contributed by atoms with Crippen LogP contribution in [0.4, 0.5) is 0 Å². The minimum absolute atomic E-state index is 0.252. The van der Waals surface area contributed by atoms with Crippen molar-refractivity contribution in [2.45, 2.75) is 18.9 Å².